The zero-order chi connectivity index (χ0) is 9.61. The van der Waals surface area contributed by atoms with E-state index in [4.69, 9.17) is 4.74 Å². The Morgan fingerprint density at radius 3 is 2.58 bits per heavy atom. The molecular formula is C10H16O2. The lowest BCUT2D eigenvalue weighted by atomic mass is 9.93. The van der Waals surface area contributed by atoms with E-state index < -0.39 is 5.41 Å². The molecule has 68 valence electrons. The van der Waals surface area contributed by atoms with Gasteiger partial charge in [-0.05, 0) is 20.8 Å². The van der Waals surface area contributed by atoms with Crippen molar-refractivity contribution in [3.63, 3.8) is 0 Å². The van der Waals surface area contributed by atoms with Crippen molar-refractivity contribution in [2.75, 3.05) is 6.61 Å². The Kier molecular flexibility index (Phi) is 4.34. The SMILES string of the molecule is C=C/C=C/C(C)(C)C(=O)OCC. The highest BCUT2D eigenvalue weighted by molar-refractivity contribution is 5.78. The summed E-state index contributed by atoms with van der Waals surface area (Å²) in [5.74, 6) is -0.205. The van der Waals surface area contributed by atoms with E-state index in [1.165, 1.54) is 0 Å². The zero-order valence-electron chi connectivity index (χ0n) is 7.96. The summed E-state index contributed by atoms with van der Waals surface area (Å²) in [6, 6.07) is 0. The molecule has 0 aromatic rings. The molecular weight excluding hydrogens is 152 g/mol. The molecule has 2 heteroatoms. The molecule has 0 saturated carbocycles. The molecule has 0 aliphatic rings. The summed E-state index contributed by atoms with van der Waals surface area (Å²) >= 11 is 0. The van der Waals surface area contributed by atoms with Gasteiger partial charge >= 0.3 is 5.97 Å². The highest BCUT2D eigenvalue weighted by Gasteiger charge is 2.25. The van der Waals surface area contributed by atoms with E-state index in [-0.39, 0.29) is 5.97 Å². The third-order valence-electron chi connectivity index (χ3n) is 1.45. The minimum atomic E-state index is -0.551. The molecule has 12 heavy (non-hydrogen) atoms. The second-order valence-corrected chi connectivity index (χ2v) is 3.04. The highest BCUT2D eigenvalue weighted by atomic mass is 16.5. The van der Waals surface area contributed by atoms with Crippen molar-refractivity contribution in [2.45, 2.75) is 20.8 Å². The van der Waals surface area contributed by atoms with Gasteiger partial charge in [-0.15, -0.1) is 0 Å². The van der Waals surface area contributed by atoms with E-state index in [1.54, 1.807) is 25.2 Å². The van der Waals surface area contributed by atoms with Gasteiger partial charge in [-0.2, -0.15) is 0 Å². The lowest BCUT2D eigenvalue weighted by Gasteiger charge is -2.17. The van der Waals surface area contributed by atoms with Crippen LogP contribution in [0.2, 0.25) is 0 Å². The van der Waals surface area contributed by atoms with Crippen LogP contribution in [0.4, 0.5) is 0 Å². The van der Waals surface area contributed by atoms with E-state index in [1.807, 2.05) is 13.8 Å². The van der Waals surface area contributed by atoms with Crippen LogP contribution in [0.5, 0.6) is 0 Å². The minimum Gasteiger partial charge on any atom is -0.465 e. The summed E-state index contributed by atoms with van der Waals surface area (Å²) in [6.07, 6.45) is 5.16. The molecule has 0 atom stereocenters. The van der Waals surface area contributed by atoms with Crippen molar-refractivity contribution < 1.29 is 9.53 Å². The van der Waals surface area contributed by atoms with Crippen molar-refractivity contribution in [3.05, 3.63) is 24.8 Å². The molecule has 0 unspecified atom stereocenters. The van der Waals surface area contributed by atoms with Gasteiger partial charge in [0.15, 0.2) is 0 Å². The average Bonchev–Trinajstić information content (AvgIpc) is 2.01. The minimum absolute atomic E-state index is 0.205. The molecule has 0 fully saturated rings. The van der Waals surface area contributed by atoms with E-state index in [9.17, 15) is 4.79 Å². The number of carbonyl (C=O) groups is 1. The lowest BCUT2D eigenvalue weighted by molar-refractivity contribution is -0.150. The number of hydrogen-bond donors (Lipinski definition) is 0. The number of carbonyl (C=O) groups excluding carboxylic acids is 1. The number of esters is 1. The topological polar surface area (TPSA) is 26.3 Å². The smallest absolute Gasteiger partial charge is 0.315 e. The predicted molar refractivity (Wildman–Crippen MR) is 49.8 cm³/mol. The molecule has 2 nitrogen and oxygen atoms in total. The van der Waals surface area contributed by atoms with E-state index in [0.29, 0.717) is 6.61 Å². The first kappa shape index (κ1) is 11.0. The van der Waals surface area contributed by atoms with Crippen LogP contribution in [0, 0.1) is 5.41 Å². The van der Waals surface area contributed by atoms with Crippen molar-refractivity contribution in [1.82, 2.24) is 0 Å². The predicted octanol–water partition coefficient (Wildman–Crippen LogP) is 2.32. The van der Waals surface area contributed by atoms with Gasteiger partial charge in [-0.1, -0.05) is 24.8 Å². The summed E-state index contributed by atoms with van der Waals surface area (Å²) in [5, 5.41) is 0. The monoisotopic (exact) mass is 168 g/mol. The number of rotatable bonds is 4. The van der Waals surface area contributed by atoms with Gasteiger partial charge in [-0.3, -0.25) is 4.79 Å². The molecule has 0 aromatic heterocycles. The van der Waals surface area contributed by atoms with Crippen LogP contribution in [0.25, 0.3) is 0 Å². The molecule has 0 spiro atoms. The first-order valence-corrected chi connectivity index (χ1v) is 4.02. The second kappa shape index (κ2) is 4.75. The van der Waals surface area contributed by atoms with Crippen LogP contribution in [0.3, 0.4) is 0 Å². The number of ether oxygens (including phenoxy) is 1. The van der Waals surface area contributed by atoms with Gasteiger partial charge in [0.1, 0.15) is 0 Å². The summed E-state index contributed by atoms with van der Waals surface area (Å²) in [7, 11) is 0. The van der Waals surface area contributed by atoms with Gasteiger partial charge in [0.05, 0.1) is 12.0 Å². The van der Waals surface area contributed by atoms with Crippen molar-refractivity contribution >= 4 is 5.97 Å². The molecule has 0 rings (SSSR count). The maximum atomic E-state index is 11.3. The van der Waals surface area contributed by atoms with E-state index in [0.717, 1.165) is 0 Å². The maximum absolute atomic E-state index is 11.3. The molecule has 0 amide bonds. The zero-order valence-corrected chi connectivity index (χ0v) is 7.96. The molecule has 0 saturated heterocycles. The lowest BCUT2D eigenvalue weighted by Crippen LogP contribution is -2.24. The molecule has 0 aliphatic carbocycles. The summed E-state index contributed by atoms with van der Waals surface area (Å²) < 4.78 is 4.88. The van der Waals surface area contributed by atoms with Gasteiger partial charge in [0, 0.05) is 0 Å². The van der Waals surface area contributed by atoms with Crippen LogP contribution >= 0.6 is 0 Å². The third-order valence-corrected chi connectivity index (χ3v) is 1.45. The highest BCUT2D eigenvalue weighted by Crippen LogP contribution is 2.18. The Morgan fingerprint density at radius 2 is 2.17 bits per heavy atom. The Labute approximate surface area is 73.9 Å². The number of hydrogen-bond acceptors (Lipinski definition) is 2. The van der Waals surface area contributed by atoms with Crippen LogP contribution < -0.4 is 0 Å². The Bertz CT molecular complexity index is 190. The molecule has 0 radical (unpaired) electrons. The Morgan fingerprint density at radius 1 is 1.58 bits per heavy atom. The first-order chi connectivity index (χ1) is 5.54. The van der Waals surface area contributed by atoms with Crippen LogP contribution in [-0.4, -0.2) is 12.6 Å². The fourth-order valence-electron chi connectivity index (χ4n) is 0.694. The Hall–Kier alpha value is -1.05. The van der Waals surface area contributed by atoms with Crippen molar-refractivity contribution in [2.24, 2.45) is 5.41 Å². The van der Waals surface area contributed by atoms with E-state index in [2.05, 4.69) is 6.58 Å². The largest absolute Gasteiger partial charge is 0.465 e. The quantitative estimate of drug-likeness (QED) is 0.475. The molecule has 0 N–H and O–H groups in total. The van der Waals surface area contributed by atoms with Gasteiger partial charge in [0.25, 0.3) is 0 Å². The molecule has 0 aliphatic heterocycles. The summed E-state index contributed by atoms with van der Waals surface area (Å²) in [5.41, 5.74) is -0.551. The maximum Gasteiger partial charge on any atom is 0.315 e. The normalized spacial score (nSPS) is 11.6. The van der Waals surface area contributed by atoms with Crippen molar-refractivity contribution in [3.8, 4) is 0 Å². The van der Waals surface area contributed by atoms with Gasteiger partial charge < -0.3 is 4.74 Å². The fourth-order valence-corrected chi connectivity index (χ4v) is 0.694. The van der Waals surface area contributed by atoms with Crippen molar-refractivity contribution in [1.29, 1.82) is 0 Å². The molecule has 0 bridgehead atoms. The second-order valence-electron chi connectivity index (χ2n) is 3.04. The average molecular weight is 168 g/mol. The Balaban J connectivity index is 4.27. The van der Waals surface area contributed by atoms with Crippen LogP contribution in [0.1, 0.15) is 20.8 Å². The summed E-state index contributed by atoms with van der Waals surface area (Å²) in [4.78, 5) is 11.3. The fraction of sp³-hybridized carbons (Fsp3) is 0.500. The van der Waals surface area contributed by atoms with E-state index >= 15 is 0 Å². The van der Waals surface area contributed by atoms with Gasteiger partial charge in [0.2, 0.25) is 0 Å². The van der Waals surface area contributed by atoms with Gasteiger partial charge in [-0.25, -0.2) is 0 Å². The summed E-state index contributed by atoms with van der Waals surface area (Å²) in [6.45, 7) is 9.37. The van der Waals surface area contributed by atoms with Crippen LogP contribution in [-0.2, 0) is 9.53 Å². The third kappa shape index (κ3) is 3.37. The van der Waals surface area contributed by atoms with Crippen LogP contribution in [0.15, 0.2) is 24.8 Å². The first-order valence-electron chi connectivity index (χ1n) is 4.02. The number of allylic oxidation sites excluding steroid dienone is 2. The molecule has 0 heterocycles. The standard InChI is InChI=1S/C10H16O2/c1-5-7-8-10(3,4)9(11)12-6-2/h5,7-8H,1,6H2,2-4H3/b8-7+. The molecule has 0 aromatic carbocycles.